The Bertz CT molecular complexity index is 554. The highest BCUT2D eigenvalue weighted by Gasteiger charge is 2.20. The lowest BCUT2D eigenvalue weighted by Crippen LogP contribution is -2.24. The predicted molar refractivity (Wildman–Crippen MR) is 79.2 cm³/mol. The number of H-pyrrole nitrogens is 1. The van der Waals surface area contributed by atoms with Gasteiger partial charge in [0, 0.05) is 29.6 Å². The molecule has 4 nitrogen and oxygen atoms in total. The summed E-state index contributed by atoms with van der Waals surface area (Å²) in [6, 6.07) is 7.79. The van der Waals surface area contributed by atoms with Gasteiger partial charge in [-0.3, -0.25) is 4.79 Å². The van der Waals surface area contributed by atoms with E-state index in [9.17, 15) is 4.79 Å². The van der Waals surface area contributed by atoms with Crippen molar-refractivity contribution >= 4 is 11.6 Å². The summed E-state index contributed by atoms with van der Waals surface area (Å²) in [5.74, 6) is 1.19. The SMILES string of the molecule is O=C(Nc1ccc(-c2ncc[nH]2)cc1)C1CCCCC1. The number of benzene rings is 1. The van der Waals surface area contributed by atoms with E-state index in [1.807, 2.05) is 24.3 Å². The van der Waals surface area contributed by atoms with Crippen LogP contribution >= 0.6 is 0 Å². The first-order chi connectivity index (χ1) is 9.83. The molecular weight excluding hydrogens is 250 g/mol. The first-order valence-electron chi connectivity index (χ1n) is 7.23. The molecule has 4 heteroatoms. The Hall–Kier alpha value is -2.10. The predicted octanol–water partition coefficient (Wildman–Crippen LogP) is 3.60. The number of carbonyl (C=O) groups is 1. The Morgan fingerprint density at radius 2 is 1.90 bits per heavy atom. The number of rotatable bonds is 3. The van der Waals surface area contributed by atoms with Crippen LogP contribution in [0.3, 0.4) is 0 Å². The van der Waals surface area contributed by atoms with Crippen molar-refractivity contribution in [3.8, 4) is 11.4 Å². The number of aromatic nitrogens is 2. The Balaban J connectivity index is 1.64. The average molecular weight is 269 g/mol. The number of hydrogen-bond donors (Lipinski definition) is 2. The van der Waals surface area contributed by atoms with Gasteiger partial charge in [0.25, 0.3) is 0 Å². The molecule has 3 rings (SSSR count). The fourth-order valence-electron chi connectivity index (χ4n) is 2.74. The molecular formula is C16H19N3O. The van der Waals surface area contributed by atoms with Crippen LogP contribution in [-0.4, -0.2) is 15.9 Å². The van der Waals surface area contributed by atoms with Crippen LogP contribution < -0.4 is 5.32 Å². The van der Waals surface area contributed by atoms with E-state index in [0.29, 0.717) is 0 Å². The Kier molecular flexibility index (Phi) is 3.81. The first-order valence-corrected chi connectivity index (χ1v) is 7.23. The summed E-state index contributed by atoms with van der Waals surface area (Å²) in [5, 5.41) is 3.01. The minimum atomic E-state index is 0.162. The van der Waals surface area contributed by atoms with E-state index >= 15 is 0 Å². The van der Waals surface area contributed by atoms with Crippen molar-refractivity contribution in [1.29, 1.82) is 0 Å². The molecule has 1 aromatic carbocycles. The Morgan fingerprint density at radius 1 is 1.15 bits per heavy atom. The van der Waals surface area contributed by atoms with E-state index in [4.69, 9.17) is 0 Å². The van der Waals surface area contributed by atoms with Crippen LogP contribution in [0.5, 0.6) is 0 Å². The topological polar surface area (TPSA) is 57.8 Å². The molecule has 1 aromatic heterocycles. The smallest absolute Gasteiger partial charge is 0.227 e. The molecule has 0 bridgehead atoms. The van der Waals surface area contributed by atoms with Gasteiger partial charge in [-0.15, -0.1) is 0 Å². The van der Waals surface area contributed by atoms with E-state index in [0.717, 1.165) is 29.9 Å². The molecule has 0 unspecified atom stereocenters. The normalized spacial score (nSPS) is 16.0. The van der Waals surface area contributed by atoms with Gasteiger partial charge >= 0.3 is 0 Å². The van der Waals surface area contributed by atoms with Crippen LogP contribution in [0.15, 0.2) is 36.7 Å². The minimum Gasteiger partial charge on any atom is -0.345 e. The lowest BCUT2D eigenvalue weighted by molar-refractivity contribution is -0.120. The minimum absolute atomic E-state index is 0.162. The van der Waals surface area contributed by atoms with Crippen LogP contribution in [-0.2, 0) is 4.79 Å². The van der Waals surface area contributed by atoms with Crippen LogP contribution in [0.4, 0.5) is 5.69 Å². The zero-order chi connectivity index (χ0) is 13.8. The van der Waals surface area contributed by atoms with Crippen LogP contribution in [0, 0.1) is 5.92 Å². The largest absolute Gasteiger partial charge is 0.345 e. The van der Waals surface area contributed by atoms with Crippen molar-refractivity contribution in [2.24, 2.45) is 5.92 Å². The van der Waals surface area contributed by atoms with Gasteiger partial charge in [0.2, 0.25) is 5.91 Å². The molecule has 0 atom stereocenters. The maximum atomic E-state index is 12.2. The fourth-order valence-corrected chi connectivity index (χ4v) is 2.74. The third-order valence-corrected chi connectivity index (χ3v) is 3.90. The van der Waals surface area contributed by atoms with Crippen LogP contribution in [0.25, 0.3) is 11.4 Å². The summed E-state index contributed by atoms with van der Waals surface area (Å²) in [5.41, 5.74) is 1.88. The number of carbonyl (C=O) groups excluding carboxylic acids is 1. The molecule has 1 fully saturated rings. The molecule has 0 radical (unpaired) electrons. The number of amides is 1. The molecule has 0 aliphatic heterocycles. The van der Waals surface area contributed by atoms with Gasteiger partial charge in [0.05, 0.1) is 0 Å². The molecule has 1 heterocycles. The van der Waals surface area contributed by atoms with Gasteiger partial charge in [-0.05, 0) is 37.1 Å². The van der Waals surface area contributed by atoms with Gasteiger partial charge in [0.15, 0.2) is 0 Å². The molecule has 0 saturated heterocycles. The molecule has 1 amide bonds. The molecule has 2 N–H and O–H groups in total. The highest BCUT2D eigenvalue weighted by atomic mass is 16.1. The van der Waals surface area contributed by atoms with Crippen molar-refractivity contribution in [3.63, 3.8) is 0 Å². The van der Waals surface area contributed by atoms with E-state index in [-0.39, 0.29) is 11.8 Å². The van der Waals surface area contributed by atoms with E-state index in [1.165, 1.54) is 19.3 Å². The summed E-state index contributed by atoms with van der Waals surface area (Å²) >= 11 is 0. The van der Waals surface area contributed by atoms with Crippen molar-refractivity contribution < 1.29 is 4.79 Å². The van der Waals surface area contributed by atoms with Gasteiger partial charge in [-0.25, -0.2) is 4.98 Å². The zero-order valence-electron chi connectivity index (χ0n) is 11.4. The van der Waals surface area contributed by atoms with Crippen molar-refractivity contribution in [1.82, 2.24) is 9.97 Å². The summed E-state index contributed by atoms with van der Waals surface area (Å²) < 4.78 is 0. The van der Waals surface area contributed by atoms with E-state index < -0.39 is 0 Å². The number of nitrogens with one attached hydrogen (secondary N) is 2. The number of anilines is 1. The van der Waals surface area contributed by atoms with Gasteiger partial charge < -0.3 is 10.3 Å². The first kappa shape index (κ1) is 12.9. The standard InChI is InChI=1S/C16H19N3O/c20-16(13-4-2-1-3-5-13)19-14-8-6-12(7-9-14)15-17-10-11-18-15/h6-11,13H,1-5H2,(H,17,18)(H,19,20). The van der Waals surface area contributed by atoms with Crippen molar-refractivity contribution in [3.05, 3.63) is 36.7 Å². The highest BCUT2D eigenvalue weighted by Crippen LogP contribution is 2.25. The molecule has 1 saturated carbocycles. The van der Waals surface area contributed by atoms with E-state index in [2.05, 4.69) is 15.3 Å². The number of aromatic amines is 1. The summed E-state index contributed by atoms with van der Waals surface area (Å²) in [6.45, 7) is 0. The molecule has 20 heavy (non-hydrogen) atoms. The van der Waals surface area contributed by atoms with Crippen molar-refractivity contribution in [2.45, 2.75) is 32.1 Å². The Labute approximate surface area is 118 Å². The van der Waals surface area contributed by atoms with Gasteiger partial charge in [0.1, 0.15) is 5.82 Å². The number of hydrogen-bond acceptors (Lipinski definition) is 2. The highest BCUT2D eigenvalue weighted by molar-refractivity contribution is 5.92. The third-order valence-electron chi connectivity index (χ3n) is 3.90. The monoisotopic (exact) mass is 269 g/mol. The quantitative estimate of drug-likeness (QED) is 0.894. The number of imidazole rings is 1. The maximum absolute atomic E-state index is 12.2. The van der Waals surface area contributed by atoms with Gasteiger partial charge in [-0.1, -0.05) is 19.3 Å². The lowest BCUT2D eigenvalue weighted by Gasteiger charge is -2.20. The zero-order valence-corrected chi connectivity index (χ0v) is 11.4. The fraction of sp³-hybridized carbons (Fsp3) is 0.375. The molecule has 2 aromatic rings. The summed E-state index contributed by atoms with van der Waals surface area (Å²) in [7, 11) is 0. The van der Waals surface area contributed by atoms with Crippen LogP contribution in [0.2, 0.25) is 0 Å². The Morgan fingerprint density at radius 3 is 2.55 bits per heavy atom. The molecule has 1 aliphatic rings. The second-order valence-corrected chi connectivity index (χ2v) is 5.34. The van der Waals surface area contributed by atoms with Gasteiger partial charge in [-0.2, -0.15) is 0 Å². The number of nitrogens with zero attached hydrogens (tertiary/aromatic N) is 1. The maximum Gasteiger partial charge on any atom is 0.227 e. The second kappa shape index (κ2) is 5.90. The van der Waals surface area contributed by atoms with E-state index in [1.54, 1.807) is 12.4 Å². The summed E-state index contributed by atoms with van der Waals surface area (Å²) in [4.78, 5) is 19.4. The average Bonchev–Trinajstić information content (AvgIpc) is 3.03. The molecule has 0 spiro atoms. The molecule has 104 valence electrons. The van der Waals surface area contributed by atoms with Crippen LogP contribution in [0.1, 0.15) is 32.1 Å². The molecule has 1 aliphatic carbocycles. The summed E-state index contributed by atoms with van der Waals surface area (Å²) in [6.07, 6.45) is 9.20. The lowest BCUT2D eigenvalue weighted by atomic mass is 9.88. The van der Waals surface area contributed by atoms with Crippen molar-refractivity contribution in [2.75, 3.05) is 5.32 Å². The second-order valence-electron chi connectivity index (χ2n) is 5.34. The third kappa shape index (κ3) is 2.90.